The molecule has 0 bridgehead atoms. The molecule has 1 fully saturated rings. The quantitative estimate of drug-likeness (QED) is 0.618. The summed E-state index contributed by atoms with van der Waals surface area (Å²) in [5.41, 5.74) is 1.50. The standard InChI is InChI=1S/C23H30N2O4/c1-3-17(2)29-19-9-6-8-18(14-19)25-23(26)15-24-21-11-4-5-12-22(21)28-16-20-10-7-13-27-20/h4-6,8-9,11-12,14,17,20,24H,3,7,10,13,15-16H2,1-2H3,(H,25,26). The highest BCUT2D eigenvalue weighted by Gasteiger charge is 2.17. The maximum Gasteiger partial charge on any atom is 0.243 e. The number of ether oxygens (including phenoxy) is 3. The average molecular weight is 399 g/mol. The van der Waals surface area contributed by atoms with Crippen molar-refractivity contribution in [3.05, 3.63) is 48.5 Å². The van der Waals surface area contributed by atoms with Gasteiger partial charge in [0.1, 0.15) is 18.1 Å². The van der Waals surface area contributed by atoms with Crippen LogP contribution < -0.4 is 20.1 Å². The molecule has 2 aromatic carbocycles. The zero-order chi connectivity index (χ0) is 20.5. The van der Waals surface area contributed by atoms with E-state index in [4.69, 9.17) is 14.2 Å². The van der Waals surface area contributed by atoms with Crippen LogP contribution >= 0.6 is 0 Å². The minimum atomic E-state index is -0.139. The summed E-state index contributed by atoms with van der Waals surface area (Å²) in [6.07, 6.45) is 3.31. The fraction of sp³-hybridized carbons (Fsp3) is 0.435. The normalized spacial score (nSPS) is 16.8. The highest BCUT2D eigenvalue weighted by atomic mass is 16.5. The van der Waals surface area contributed by atoms with E-state index in [9.17, 15) is 4.79 Å². The Morgan fingerprint density at radius 3 is 2.90 bits per heavy atom. The highest BCUT2D eigenvalue weighted by Crippen LogP contribution is 2.25. The lowest BCUT2D eigenvalue weighted by molar-refractivity contribution is -0.114. The van der Waals surface area contributed by atoms with Gasteiger partial charge < -0.3 is 24.8 Å². The Kier molecular flexibility index (Phi) is 7.76. The topological polar surface area (TPSA) is 68.8 Å². The molecule has 0 aliphatic carbocycles. The lowest BCUT2D eigenvalue weighted by Gasteiger charge is -2.16. The van der Waals surface area contributed by atoms with Gasteiger partial charge in [0.2, 0.25) is 5.91 Å². The van der Waals surface area contributed by atoms with Crippen LogP contribution in [0.4, 0.5) is 11.4 Å². The highest BCUT2D eigenvalue weighted by molar-refractivity contribution is 5.94. The Labute approximate surface area is 172 Å². The monoisotopic (exact) mass is 398 g/mol. The second-order valence-electron chi connectivity index (χ2n) is 7.21. The number of hydrogen-bond donors (Lipinski definition) is 2. The first kappa shape index (κ1) is 21.0. The molecule has 2 atom stereocenters. The van der Waals surface area contributed by atoms with E-state index in [1.54, 1.807) is 0 Å². The zero-order valence-corrected chi connectivity index (χ0v) is 17.1. The Hall–Kier alpha value is -2.73. The first-order valence-electron chi connectivity index (χ1n) is 10.3. The number of benzene rings is 2. The summed E-state index contributed by atoms with van der Waals surface area (Å²) in [7, 11) is 0. The van der Waals surface area contributed by atoms with Crippen LogP contribution in [-0.4, -0.2) is 37.9 Å². The molecule has 0 aromatic heterocycles. The van der Waals surface area contributed by atoms with Crippen molar-refractivity contribution in [2.75, 3.05) is 30.4 Å². The molecule has 0 saturated carbocycles. The van der Waals surface area contributed by atoms with E-state index in [1.807, 2.05) is 55.5 Å². The number of rotatable bonds is 10. The Bertz CT molecular complexity index is 790. The maximum absolute atomic E-state index is 12.4. The summed E-state index contributed by atoms with van der Waals surface area (Å²) in [5, 5.41) is 6.05. The number of carbonyl (C=O) groups is 1. The summed E-state index contributed by atoms with van der Waals surface area (Å²) in [4.78, 5) is 12.4. The van der Waals surface area contributed by atoms with Gasteiger partial charge in [-0.25, -0.2) is 0 Å². The van der Waals surface area contributed by atoms with Crippen molar-refractivity contribution in [1.29, 1.82) is 0 Å². The number of carbonyl (C=O) groups excluding carboxylic acids is 1. The fourth-order valence-electron chi connectivity index (χ4n) is 3.04. The maximum atomic E-state index is 12.4. The molecule has 2 aromatic rings. The van der Waals surface area contributed by atoms with Crippen LogP contribution in [0.1, 0.15) is 33.1 Å². The Morgan fingerprint density at radius 2 is 2.10 bits per heavy atom. The molecule has 0 radical (unpaired) electrons. The van der Waals surface area contributed by atoms with Crippen LogP contribution in [0.2, 0.25) is 0 Å². The number of hydrogen-bond acceptors (Lipinski definition) is 5. The van der Waals surface area contributed by atoms with E-state index >= 15 is 0 Å². The van der Waals surface area contributed by atoms with E-state index in [1.165, 1.54) is 0 Å². The molecule has 2 unspecified atom stereocenters. The second kappa shape index (κ2) is 10.7. The van der Waals surface area contributed by atoms with Crippen LogP contribution in [-0.2, 0) is 9.53 Å². The van der Waals surface area contributed by atoms with Crippen molar-refractivity contribution in [3.8, 4) is 11.5 Å². The first-order valence-corrected chi connectivity index (χ1v) is 10.3. The van der Waals surface area contributed by atoms with Crippen molar-refractivity contribution >= 4 is 17.3 Å². The predicted molar refractivity (Wildman–Crippen MR) is 115 cm³/mol. The third-order valence-corrected chi connectivity index (χ3v) is 4.81. The van der Waals surface area contributed by atoms with Gasteiger partial charge in [0.15, 0.2) is 0 Å². The van der Waals surface area contributed by atoms with Gasteiger partial charge in [-0.2, -0.15) is 0 Å². The minimum absolute atomic E-state index is 0.133. The van der Waals surface area contributed by atoms with Crippen LogP contribution in [0.25, 0.3) is 0 Å². The molecule has 1 saturated heterocycles. The van der Waals surface area contributed by atoms with E-state index in [0.29, 0.717) is 12.3 Å². The number of amides is 1. The largest absolute Gasteiger partial charge is 0.491 e. The molecule has 3 rings (SSSR count). The van der Waals surface area contributed by atoms with Crippen molar-refractivity contribution < 1.29 is 19.0 Å². The molecular formula is C23H30N2O4. The first-order chi connectivity index (χ1) is 14.1. The molecular weight excluding hydrogens is 368 g/mol. The molecule has 1 amide bonds. The Morgan fingerprint density at radius 1 is 1.24 bits per heavy atom. The summed E-state index contributed by atoms with van der Waals surface area (Å²) in [5.74, 6) is 1.33. The van der Waals surface area contributed by atoms with Crippen LogP contribution in [0.5, 0.6) is 11.5 Å². The lowest BCUT2D eigenvalue weighted by Crippen LogP contribution is -2.22. The molecule has 6 heteroatoms. The zero-order valence-electron chi connectivity index (χ0n) is 17.1. The van der Waals surface area contributed by atoms with Gasteiger partial charge >= 0.3 is 0 Å². The van der Waals surface area contributed by atoms with Crippen molar-refractivity contribution in [3.63, 3.8) is 0 Å². The van der Waals surface area contributed by atoms with Gasteiger partial charge in [0.25, 0.3) is 0 Å². The number of para-hydroxylation sites is 2. The van der Waals surface area contributed by atoms with Crippen LogP contribution in [0.15, 0.2) is 48.5 Å². The molecule has 156 valence electrons. The number of nitrogens with one attached hydrogen (secondary N) is 2. The van der Waals surface area contributed by atoms with Gasteiger partial charge in [0.05, 0.1) is 24.4 Å². The van der Waals surface area contributed by atoms with E-state index in [-0.39, 0.29) is 24.7 Å². The van der Waals surface area contributed by atoms with Gasteiger partial charge in [-0.05, 0) is 50.5 Å². The third kappa shape index (κ3) is 6.68. The fourth-order valence-corrected chi connectivity index (χ4v) is 3.04. The molecule has 1 aliphatic rings. The van der Waals surface area contributed by atoms with Gasteiger partial charge in [-0.3, -0.25) is 4.79 Å². The van der Waals surface area contributed by atoms with Crippen LogP contribution in [0.3, 0.4) is 0 Å². The Balaban J connectivity index is 1.51. The molecule has 29 heavy (non-hydrogen) atoms. The predicted octanol–water partition coefficient (Wildman–Crippen LogP) is 4.47. The second-order valence-corrected chi connectivity index (χ2v) is 7.21. The summed E-state index contributed by atoms with van der Waals surface area (Å²) < 4.78 is 17.3. The van der Waals surface area contributed by atoms with E-state index < -0.39 is 0 Å². The molecule has 1 aliphatic heterocycles. The summed E-state index contributed by atoms with van der Waals surface area (Å²) in [6.45, 7) is 5.56. The van der Waals surface area contributed by atoms with Crippen LogP contribution in [0, 0.1) is 0 Å². The number of anilines is 2. The van der Waals surface area contributed by atoms with Gasteiger partial charge in [0, 0.05) is 18.4 Å². The third-order valence-electron chi connectivity index (χ3n) is 4.81. The minimum Gasteiger partial charge on any atom is -0.491 e. The SMILES string of the molecule is CCC(C)Oc1cccc(NC(=O)CNc2ccccc2OCC2CCCO2)c1. The van der Waals surface area contributed by atoms with E-state index in [2.05, 4.69) is 17.6 Å². The molecule has 2 N–H and O–H groups in total. The van der Waals surface area contributed by atoms with Gasteiger partial charge in [-0.15, -0.1) is 0 Å². The van der Waals surface area contributed by atoms with Gasteiger partial charge in [-0.1, -0.05) is 25.1 Å². The van der Waals surface area contributed by atoms with E-state index in [0.717, 1.165) is 43.1 Å². The summed E-state index contributed by atoms with van der Waals surface area (Å²) >= 11 is 0. The molecule has 1 heterocycles. The summed E-state index contributed by atoms with van der Waals surface area (Å²) in [6, 6.07) is 15.1. The molecule has 6 nitrogen and oxygen atoms in total. The van der Waals surface area contributed by atoms with Crippen molar-refractivity contribution in [1.82, 2.24) is 0 Å². The average Bonchev–Trinajstić information content (AvgIpc) is 3.25. The van der Waals surface area contributed by atoms with Crippen molar-refractivity contribution in [2.24, 2.45) is 0 Å². The lowest BCUT2D eigenvalue weighted by atomic mass is 10.2. The molecule has 0 spiro atoms. The smallest absolute Gasteiger partial charge is 0.243 e. The van der Waals surface area contributed by atoms with Crippen molar-refractivity contribution in [2.45, 2.75) is 45.3 Å².